The molecular weight excluding hydrogens is 587 g/mol. The third-order valence-electron chi connectivity index (χ3n) is 9.86. The van der Waals surface area contributed by atoms with Gasteiger partial charge in [0.15, 0.2) is 5.71 Å². The number of fused-ring (bicyclic) bond motifs is 2. The highest BCUT2D eigenvalue weighted by atomic mass is 32.2. The first-order valence-electron chi connectivity index (χ1n) is 16.4. The fourth-order valence-corrected chi connectivity index (χ4v) is 8.54. The number of hydrogen-bond acceptors (Lipinski definition) is 4. The number of benzene rings is 3. The molecule has 0 unspecified atom stereocenters. The van der Waals surface area contributed by atoms with E-state index in [2.05, 4.69) is 124 Å². The van der Waals surface area contributed by atoms with Crippen molar-refractivity contribution >= 4 is 34.5 Å². The van der Waals surface area contributed by atoms with Crippen LogP contribution in [0.4, 0.5) is 17.1 Å². The predicted molar refractivity (Wildman–Crippen MR) is 193 cm³/mol. The summed E-state index contributed by atoms with van der Waals surface area (Å²) in [5.41, 5.74) is 10.5. The topological polar surface area (TPSA) is 49.4 Å². The largest absolute Gasteiger partial charge is 0.344 e. The highest BCUT2D eigenvalue weighted by molar-refractivity contribution is 8.03. The Balaban J connectivity index is 1.44. The van der Waals surface area contributed by atoms with Crippen LogP contribution >= 0.6 is 11.8 Å². The highest BCUT2D eigenvalue weighted by Gasteiger charge is 2.43. The van der Waals surface area contributed by atoms with E-state index in [0.717, 1.165) is 37.2 Å². The lowest BCUT2D eigenvalue weighted by molar-refractivity contribution is -0.433. The minimum absolute atomic E-state index is 0.0975. The fraction of sp³-hybridized carbons (Fsp3) is 0.325. The Morgan fingerprint density at radius 3 is 2.26 bits per heavy atom. The number of likely N-dealkylation sites (N-methyl/N-ethyl adjacent to an activating group) is 1. The van der Waals surface area contributed by atoms with Crippen LogP contribution in [0.15, 0.2) is 124 Å². The van der Waals surface area contributed by atoms with Crippen LogP contribution in [0.3, 0.4) is 0 Å². The zero-order valence-corrected chi connectivity index (χ0v) is 28.7. The summed E-state index contributed by atoms with van der Waals surface area (Å²) in [6, 6.07) is 24.5. The fourth-order valence-electron chi connectivity index (χ4n) is 7.43. The molecule has 6 rings (SSSR count). The number of nitro benzene ring substituents is 1. The second-order valence-corrected chi connectivity index (χ2v) is 14.4. The van der Waals surface area contributed by atoms with Crippen molar-refractivity contribution in [3.8, 4) is 0 Å². The zero-order chi connectivity index (χ0) is 32.6. The van der Waals surface area contributed by atoms with E-state index in [4.69, 9.17) is 0 Å². The molecule has 0 fully saturated rings. The van der Waals surface area contributed by atoms with Crippen LogP contribution in [0.2, 0.25) is 0 Å². The van der Waals surface area contributed by atoms with Crippen LogP contribution < -0.4 is 4.90 Å². The molecular formula is C40H44N3O2S+. The van der Waals surface area contributed by atoms with Gasteiger partial charge in [0.2, 0.25) is 5.69 Å². The summed E-state index contributed by atoms with van der Waals surface area (Å²) in [4.78, 5) is 15.7. The number of nitrogens with zero attached hydrogens (tertiary/aromatic N) is 3. The Labute approximate surface area is 277 Å². The van der Waals surface area contributed by atoms with Crippen LogP contribution in [0.25, 0.3) is 0 Å². The van der Waals surface area contributed by atoms with Gasteiger partial charge in [-0.1, -0.05) is 74.2 Å². The van der Waals surface area contributed by atoms with E-state index in [1.807, 2.05) is 12.1 Å². The number of rotatable bonds is 8. The van der Waals surface area contributed by atoms with E-state index in [9.17, 15) is 10.1 Å². The number of anilines is 1. The SMILES string of the molecule is CCN1/C(=C/C=C2\CCCC(/C=C/C3=[N+](CC)c4ccccc4C3(C)C)=C2Sc2ccc([N+](=O)[O-])cc2)C(C)(C)c2ccccc21. The minimum atomic E-state index is -0.334. The van der Waals surface area contributed by atoms with Gasteiger partial charge in [0, 0.05) is 63.0 Å². The van der Waals surface area contributed by atoms with E-state index in [-0.39, 0.29) is 21.4 Å². The van der Waals surface area contributed by atoms with Gasteiger partial charge >= 0.3 is 0 Å². The molecule has 3 aromatic rings. The van der Waals surface area contributed by atoms with Gasteiger partial charge in [-0.2, -0.15) is 4.58 Å². The van der Waals surface area contributed by atoms with Crippen molar-refractivity contribution in [2.75, 3.05) is 18.0 Å². The summed E-state index contributed by atoms with van der Waals surface area (Å²) < 4.78 is 2.44. The Morgan fingerprint density at radius 2 is 1.57 bits per heavy atom. The first-order chi connectivity index (χ1) is 22.1. The molecule has 46 heavy (non-hydrogen) atoms. The highest BCUT2D eigenvalue weighted by Crippen LogP contribution is 2.48. The van der Waals surface area contributed by atoms with Gasteiger partial charge in [-0.15, -0.1) is 0 Å². The average Bonchev–Trinajstić information content (AvgIpc) is 3.41. The van der Waals surface area contributed by atoms with Crippen LogP contribution in [0, 0.1) is 10.1 Å². The molecule has 0 aromatic heterocycles. The molecule has 0 radical (unpaired) electrons. The number of hydrogen-bond donors (Lipinski definition) is 0. The van der Waals surface area contributed by atoms with Gasteiger partial charge in [-0.25, -0.2) is 0 Å². The molecule has 1 aliphatic carbocycles. The molecule has 0 amide bonds. The first kappa shape index (κ1) is 31.8. The molecule has 2 heterocycles. The number of thioether (sulfide) groups is 1. The Bertz CT molecular complexity index is 1840. The number of para-hydroxylation sites is 2. The molecule has 5 nitrogen and oxygen atoms in total. The molecule has 0 saturated carbocycles. The molecule has 3 aromatic carbocycles. The maximum Gasteiger partial charge on any atom is 0.269 e. The summed E-state index contributed by atoms with van der Waals surface area (Å²) in [7, 11) is 0. The molecule has 236 valence electrons. The molecule has 6 heteroatoms. The van der Waals surface area contributed by atoms with Gasteiger partial charge in [0.1, 0.15) is 6.54 Å². The van der Waals surface area contributed by atoms with E-state index in [1.54, 1.807) is 23.9 Å². The monoisotopic (exact) mass is 630 g/mol. The van der Waals surface area contributed by atoms with Crippen molar-refractivity contribution in [1.29, 1.82) is 0 Å². The predicted octanol–water partition coefficient (Wildman–Crippen LogP) is 10.4. The van der Waals surface area contributed by atoms with Crippen LogP contribution in [0.5, 0.6) is 0 Å². The van der Waals surface area contributed by atoms with E-state index in [1.165, 1.54) is 50.0 Å². The average molecular weight is 631 g/mol. The molecule has 0 bridgehead atoms. The van der Waals surface area contributed by atoms with Crippen molar-refractivity contribution in [3.05, 3.63) is 140 Å². The second kappa shape index (κ2) is 12.6. The lowest BCUT2D eigenvalue weighted by Crippen LogP contribution is -2.27. The van der Waals surface area contributed by atoms with Crippen LogP contribution in [-0.2, 0) is 10.8 Å². The molecule has 0 spiro atoms. The molecule has 0 atom stereocenters. The Morgan fingerprint density at radius 1 is 0.870 bits per heavy atom. The summed E-state index contributed by atoms with van der Waals surface area (Å²) in [5, 5.41) is 11.4. The summed E-state index contributed by atoms with van der Waals surface area (Å²) in [6.07, 6.45) is 12.4. The first-order valence-corrected chi connectivity index (χ1v) is 17.3. The summed E-state index contributed by atoms with van der Waals surface area (Å²) in [6.45, 7) is 15.5. The van der Waals surface area contributed by atoms with Crippen molar-refractivity contribution in [1.82, 2.24) is 0 Å². The van der Waals surface area contributed by atoms with Crippen molar-refractivity contribution < 1.29 is 9.50 Å². The summed E-state index contributed by atoms with van der Waals surface area (Å²) in [5.74, 6) is 0. The smallest absolute Gasteiger partial charge is 0.269 e. The van der Waals surface area contributed by atoms with E-state index in [0.29, 0.717) is 0 Å². The van der Waals surface area contributed by atoms with Gasteiger partial charge in [0.25, 0.3) is 5.69 Å². The number of nitro groups is 1. The van der Waals surface area contributed by atoms with Crippen LogP contribution in [-0.4, -0.2) is 28.3 Å². The minimum Gasteiger partial charge on any atom is -0.344 e. The molecule has 0 saturated heterocycles. The van der Waals surface area contributed by atoms with Gasteiger partial charge in [0.05, 0.1) is 10.3 Å². The Hall–Kier alpha value is -4.16. The third-order valence-corrected chi connectivity index (χ3v) is 11.1. The maximum absolute atomic E-state index is 11.4. The van der Waals surface area contributed by atoms with Crippen LogP contribution in [0.1, 0.15) is 71.9 Å². The lowest BCUT2D eigenvalue weighted by atomic mass is 9.81. The van der Waals surface area contributed by atoms with E-state index >= 15 is 0 Å². The van der Waals surface area contributed by atoms with Gasteiger partial charge in [-0.05, 0) is 87.9 Å². The molecule has 0 N–H and O–H groups in total. The van der Waals surface area contributed by atoms with Gasteiger partial charge in [-0.3, -0.25) is 10.1 Å². The second-order valence-electron chi connectivity index (χ2n) is 13.3. The van der Waals surface area contributed by atoms with Crippen molar-refractivity contribution in [2.45, 2.75) is 76.5 Å². The Kier molecular flexibility index (Phi) is 8.68. The molecule has 3 aliphatic rings. The maximum atomic E-state index is 11.4. The standard InChI is InChI=1S/C40H44N3O2S/c1-7-41-34-18-11-9-16-32(34)39(3,4)36(41)26-20-28-14-13-15-29(38(28)46-31-24-22-30(23-25-31)43(44)45)21-27-37-40(5,6)33-17-10-12-19-35(33)42(37)8-2/h9-12,16-27H,7-8,13-15H2,1-6H3/q+1. The number of allylic oxidation sites excluding steroid dienone is 7. The number of non-ortho nitro benzene ring substituents is 1. The molecule has 2 aliphatic heterocycles. The normalized spacial score (nSPS) is 20.3. The zero-order valence-electron chi connectivity index (χ0n) is 27.8. The van der Waals surface area contributed by atoms with Gasteiger partial charge < -0.3 is 4.90 Å². The summed E-state index contributed by atoms with van der Waals surface area (Å²) >= 11 is 1.73. The third kappa shape index (κ3) is 5.57. The lowest BCUT2D eigenvalue weighted by Gasteiger charge is -2.26. The van der Waals surface area contributed by atoms with Crippen molar-refractivity contribution in [3.63, 3.8) is 0 Å². The van der Waals surface area contributed by atoms with E-state index < -0.39 is 0 Å². The van der Waals surface area contributed by atoms with Crippen molar-refractivity contribution in [2.24, 2.45) is 0 Å². The quantitative estimate of drug-likeness (QED) is 0.141.